The van der Waals surface area contributed by atoms with Crippen molar-refractivity contribution in [2.75, 3.05) is 12.4 Å². The van der Waals surface area contributed by atoms with Crippen LogP contribution >= 0.6 is 11.6 Å². The molecule has 19 heavy (non-hydrogen) atoms. The molecule has 0 aliphatic rings. The third-order valence-corrected chi connectivity index (χ3v) is 2.77. The second-order valence-corrected chi connectivity index (χ2v) is 4.30. The molecule has 1 heterocycles. The van der Waals surface area contributed by atoms with E-state index in [-0.39, 0.29) is 5.91 Å². The van der Waals surface area contributed by atoms with E-state index in [4.69, 9.17) is 16.3 Å². The third kappa shape index (κ3) is 3.53. The Balaban J connectivity index is 2.18. The summed E-state index contributed by atoms with van der Waals surface area (Å²) < 4.78 is 5.07. The van der Waals surface area contributed by atoms with Crippen LogP contribution in [0.2, 0.25) is 5.15 Å². The Hall–Kier alpha value is -1.91. The number of aromatic nitrogens is 1. The van der Waals surface area contributed by atoms with Gasteiger partial charge in [0.25, 0.3) is 5.91 Å². The zero-order valence-electron chi connectivity index (χ0n) is 10.4. The van der Waals surface area contributed by atoms with E-state index in [0.29, 0.717) is 23.0 Å². The van der Waals surface area contributed by atoms with Crippen molar-refractivity contribution < 1.29 is 9.53 Å². The number of anilines is 1. The van der Waals surface area contributed by atoms with Gasteiger partial charge in [-0.15, -0.1) is 0 Å². The number of amides is 1. The fourth-order valence-corrected chi connectivity index (χ4v) is 1.78. The maximum Gasteiger partial charge on any atom is 0.256 e. The molecule has 0 spiro atoms. The molecule has 2 rings (SSSR count). The molecule has 1 amide bonds. The molecule has 98 valence electrons. The SMILES string of the molecule is COCc1ccccc1C(=O)Nc1ccc(Cl)nc1. The lowest BCUT2D eigenvalue weighted by Crippen LogP contribution is -2.14. The van der Waals surface area contributed by atoms with Crippen molar-refractivity contribution in [1.82, 2.24) is 4.98 Å². The second-order valence-electron chi connectivity index (χ2n) is 3.91. The van der Waals surface area contributed by atoms with Crippen LogP contribution in [0.15, 0.2) is 42.6 Å². The van der Waals surface area contributed by atoms with Crippen LogP contribution < -0.4 is 5.32 Å². The van der Waals surface area contributed by atoms with Gasteiger partial charge < -0.3 is 10.1 Å². The Morgan fingerprint density at radius 3 is 2.79 bits per heavy atom. The first-order valence-electron chi connectivity index (χ1n) is 5.70. The maximum atomic E-state index is 12.2. The summed E-state index contributed by atoms with van der Waals surface area (Å²) in [6.45, 7) is 0.391. The Bertz CT molecular complexity index is 570. The number of hydrogen-bond donors (Lipinski definition) is 1. The van der Waals surface area contributed by atoms with Crippen LogP contribution in [0.3, 0.4) is 0 Å². The highest BCUT2D eigenvalue weighted by atomic mass is 35.5. The van der Waals surface area contributed by atoms with Crippen molar-refractivity contribution in [3.05, 3.63) is 58.9 Å². The highest BCUT2D eigenvalue weighted by Crippen LogP contribution is 2.14. The smallest absolute Gasteiger partial charge is 0.256 e. The molecule has 0 aliphatic heterocycles. The van der Waals surface area contributed by atoms with Crippen molar-refractivity contribution in [2.24, 2.45) is 0 Å². The van der Waals surface area contributed by atoms with Crippen molar-refractivity contribution in [2.45, 2.75) is 6.61 Å². The van der Waals surface area contributed by atoms with E-state index in [1.54, 1.807) is 25.3 Å². The van der Waals surface area contributed by atoms with Gasteiger partial charge in [-0.25, -0.2) is 4.98 Å². The maximum absolute atomic E-state index is 12.2. The fourth-order valence-electron chi connectivity index (χ4n) is 1.67. The minimum Gasteiger partial charge on any atom is -0.380 e. The number of rotatable bonds is 4. The molecule has 0 radical (unpaired) electrons. The number of benzene rings is 1. The Morgan fingerprint density at radius 2 is 2.11 bits per heavy atom. The van der Waals surface area contributed by atoms with Crippen molar-refractivity contribution >= 4 is 23.2 Å². The molecule has 0 saturated heterocycles. The summed E-state index contributed by atoms with van der Waals surface area (Å²) in [5, 5.41) is 3.16. The Kier molecular flexibility index (Phi) is 4.49. The molecule has 0 bridgehead atoms. The van der Waals surface area contributed by atoms with E-state index in [2.05, 4.69) is 10.3 Å². The zero-order valence-corrected chi connectivity index (χ0v) is 11.1. The monoisotopic (exact) mass is 276 g/mol. The van der Waals surface area contributed by atoms with Crippen LogP contribution in [0, 0.1) is 0 Å². The average Bonchev–Trinajstić information content (AvgIpc) is 2.42. The largest absolute Gasteiger partial charge is 0.380 e. The summed E-state index contributed by atoms with van der Waals surface area (Å²) in [7, 11) is 1.60. The molecule has 5 heteroatoms. The molecule has 1 aromatic carbocycles. The minimum atomic E-state index is -0.197. The van der Waals surface area contributed by atoms with E-state index in [0.717, 1.165) is 5.56 Å². The van der Waals surface area contributed by atoms with Gasteiger partial charge in [0, 0.05) is 12.7 Å². The molecule has 1 N–H and O–H groups in total. The highest BCUT2D eigenvalue weighted by molar-refractivity contribution is 6.29. The lowest BCUT2D eigenvalue weighted by Gasteiger charge is -2.09. The quantitative estimate of drug-likeness (QED) is 0.873. The summed E-state index contributed by atoms with van der Waals surface area (Å²) in [5.41, 5.74) is 2.02. The third-order valence-electron chi connectivity index (χ3n) is 2.55. The number of hydrogen-bond acceptors (Lipinski definition) is 3. The number of nitrogens with zero attached hydrogens (tertiary/aromatic N) is 1. The first kappa shape index (κ1) is 13.5. The van der Waals surface area contributed by atoms with Crippen LogP contribution in [0.4, 0.5) is 5.69 Å². The molecular formula is C14H13ClN2O2. The van der Waals surface area contributed by atoms with E-state index >= 15 is 0 Å². The van der Waals surface area contributed by atoms with E-state index in [9.17, 15) is 4.79 Å². The summed E-state index contributed by atoms with van der Waals surface area (Å²) in [4.78, 5) is 16.1. The topological polar surface area (TPSA) is 51.2 Å². The molecule has 2 aromatic rings. The van der Waals surface area contributed by atoms with Gasteiger partial charge in [-0.2, -0.15) is 0 Å². The molecule has 0 aliphatic carbocycles. The summed E-state index contributed by atoms with van der Waals surface area (Å²) in [6.07, 6.45) is 1.51. The van der Waals surface area contributed by atoms with Crippen molar-refractivity contribution in [3.63, 3.8) is 0 Å². The van der Waals surface area contributed by atoms with Gasteiger partial charge in [-0.3, -0.25) is 4.79 Å². The Morgan fingerprint density at radius 1 is 1.32 bits per heavy atom. The van der Waals surface area contributed by atoms with E-state index in [1.165, 1.54) is 6.20 Å². The normalized spacial score (nSPS) is 10.2. The summed E-state index contributed by atoms with van der Waals surface area (Å²) in [6, 6.07) is 10.6. The molecule has 1 aromatic heterocycles. The van der Waals surface area contributed by atoms with Gasteiger partial charge in [0.1, 0.15) is 5.15 Å². The molecular weight excluding hydrogens is 264 g/mol. The number of methoxy groups -OCH3 is 1. The van der Waals surface area contributed by atoms with E-state index < -0.39 is 0 Å². The second kappa shape index (κ2) is 6.31. The lowest BCUT2D eigenvalue weighted by atomic mass is 10.1. The van der Waals surface area contributed by atoms with Gasteiger partial charge in [-0.1, -0.05) is 29.8 Å². The number of ether oxygens (including phenoxy) is 1. The first-order chi connectivity index (χ1) is 9.20. The van der Waals surface area contributed by atoms with Crippen LogP contribution in [0.5, 0.6) is 0 Å². The van der Waals surface area contributed by atoms with Gasteiger partial charge in [0.2, 0.25) is 0 Å². The van der Waals surface area contributed by atoms with Gasteiger partial charge in [0.15, 0.2) is 0 Å². The van der Waals surface area contributed by atoms with Crippen LogP contribution in [0.1, 0.15) is 15.9 Å². The lowest BCUT2D eigenvalue weighted by molar-refractivity contribution is 0.102. The van der Waals surface area contributed by atoms with Gasteiger partial charge in [-0.05, 0) is 23.8 Å². The zero-order chi connectivity index (χ0) is 13.7. The molecule has 0 unspecified atom stereocenters. The van der Waals surface area contributed by atoms with Gasteiger partial charge >= 0.3 is 0 Å². The van der Waals surface area contributed by atoms with Crippen LogP contribution in [-0.4, -0.2) is 18.0 Å². The number of carbonyl (C=O) groups is 1. The number of nitrogens with one attached hydrogen (secondary N) is 1. The van der Waals surface area contributed by atoms with Crippen LogP contribution in [0.25, 0.3) is 0 Å². The first-order valence-corrected chi connectivity index (χ1v) is 6.08. The predicted molar refractivity (Wildman–Crippen MR) is 74.4 cm³/mol. The summed E-state index contributed by atoms with van der Waals surface area (Å²) in [5.74, 6) is -0.197. The predicted octanol–water partition coefficient (Wildman–Crippen LogP) is 3.13. The number of carbonyl (C=O) groups excluding carboxylic acids is 1. The van der Waals surface area contributed by atoms with Gasteiger partial charge in [0.05, 0.1) is 18.5 Å². The minimum absolute atomic E-state index is 0.197. The number of halogens is 1. The van der Waals surface area contributed by atoms with Crippen molar-refractivity contribution in [1.29, 1.82) is 0 Å². The van der Waals surface area contributed by atoms with Crippen molar-refractivity contribution in [3.8, 4) is 0 Å². The van der Waals surface area contributed by atoms with E-state index in [1.807, 2.05) is 18.2 Å². The molecule has 0 atom stereocenters. The summed E-state index contributed by atoms with van der Waals surface area (Å²) >= 11 is 5.69. The molecule has 4 nitrogen and oxygen atoms in total. The van der Waals surface area contributed by atoms with Crippen LogP contribution in [-0.2, 0) is 11.3 Å². The Labute approximate surface area is 116 Å². The highest BCUT2D eigenvalue weighted by Gasteiger charge is 2.10. The fraction of sp³-hybridized carbons (Fsp3) is 0.143. The molecule has 0 fully saturated rings. The molecule has 0 saturated carbocycles. The standard InChI is InChI=1S/C14H13ClN2O2/c1-19-9-10-4-2-3-5-12(10)14(18)17-11-6-7-13(15)16-8-11/h2-8H,9H2,1H3,(H,17,18). The average molecular weight is 277 g/mol. The number of pyridine rings is 1.